The molecule has 2 aromatic carbocycles. The molecule has 38 heavy (non-hydrogen) atoms. The fourth-order valence-electron chi connectivity index (χ4n) is 6.55. The summed E-state index contributed by atoms with van der Waals surface area (Å²) in [5, 5.41) is 23.9. The normalized spacial score (nSPS) is 13.3. The third-order valence-electron chi connectivity index (χ3n) is 9.03. The molecule has 0 amide bonds. The van der Waals surface area contributed by atoms with E-state index in [2.05, 4.69) is 107 Å². The van der Waals surface area contributed by atoms with Crippen LogP contribution in [0.2, 0.25) is 0 Å². The van der Waals surface area contributed by atoms with E-state index < -0.39 is 0 Å². The Kier molecular flexibility index (Phi) is 10.2. The van der Waals surface area contributed by atoms with E-state index in [-0.39, 0.29) is 21.7 Å². The number of phenols is 2. The maximum Gasteiger partial charge on any atom is 0.127 e. The number of hydrogen-bond acceptors (Lipinski definition) is 2. The van der Waals surface area contributed by atoms with Crippen molar-refractivity contribution in [3.8, 4) is 22.6 Å². The summed E-state index contributed by atoms with van der Waals surface area (Å²) in [6, 6.07) is 8.82. The Morgan fingerprint density at radius 2 is 0.711 bits per heavy atom. The van der Waals surface area contributed by atoms with Gasteiger partial charge in [-0.1, -0.05) is 121 Å². The molecule has 214 valence electrons. The summed E-state index contributed by atoms with van der Waals surface area (Å²) < 4.78 is 0. The predicted octanol–water partition coefficient (Wildman–Crippen LogP) is 11.1. The lowest BCUT2D eigenvalue weighted by Crippen LogP contribution is -2.23. The van der Waals surface area contributed by atoms with Gasteiger partial charge in [-0.3, -0.25) is 0 Å². The molecule has 2 rings (SSSR count). The molecule has 2 nitrogen and oxygen atoms in total. The van der Waals surface area contributed by atoms with Gasteiger partial charge in [0.15, 0.2) is 0 Å². The van der Waals surface area contributed by atoms with Gasteiger partial charge in [0.25, 0.3) is 0 Å². The maximum absolute atomic E-state index is 11.9. The fourth-order valence-corrected chi connectivity index (χ4v) is 6.55. The minimum Gasteiger partial charge on any atom is -0.507 e. The van der Waals surface area contributed by atoms with Gasteiger partial charge in [-0.05, 0) is 70.6 Å². The standard InChI is InChI=1S/C36H58O2/c1-13-17-33(5,6)25-21-27(31(37)29(23-25)35(9,10)19-15-3)28-22-26(34(7,8)18-14-2)24-30(32(28)38)36(11,12)20-16-4/h21-24,37-38H,13-20H2,1-12H3. The van der Waals surface area contributed by atoms with Crippen LogP contribution in [-0.2, 0) is 21.7 Å². The molecule has 0 aliphatic heterocycles. The van der Waals surface area contributed by atoms with E-state index in [4.69, 9.17) is 0 Å². The molecular weight excluding hydrogens is 464 g/mol. The molecule has 0 bridgehead atoms. The highest BCUT2D eigenvalue weighted by molar-refractivity contribution is 5.80. The average Bonchev–Trinajstić information content (AvgIpc) is 2.79. The molecule has 2 heteroatoms. The first-order valence-corrected chi connectivity index (χ1v) is 15.2. The summed E-state index contributed by atoms with van der Waals surface area (Å²) in [4.78, 5) is 0. The smallest absolute Gasteiger partial charge is 0.127 e. The molecule has 0 aliphatic carbocycles. The lowest BCUT2D eigenvalue weighted by atomic mass is 9.71. The monoisotopic (exact) mass is 522 g/mol. The second-order valence-electron chi connectivity index (χ2n) is 14.4. The highest BCUT2D eigenvalue weighted by atomic mass is 16.3. The Hall–Kier alpha value is -1.96. The zero-order chi connectivity index (χ0) is 29.1. The minimum atomic E-state index is -0.176. The highest BCUT2D eigenvalue weighted by Crippen LogP contribution is 2.50. The Balaban J connectivity index is 3.06. The summed E-state index contributed by atoms with van der Waals surface area (Å²) >= 11 is 0. The van der Waals surface area contributed by atoms with Gasteiger partial charge in [0.05, 0.1) is 0 Å². The fraction of sp³-hybridized carbons (Fsp3) is 0.667. The van der Waals surface area contributed by atoms with Gasteiger partial charge in [-0.15, -0.1) is 0 Å². The Morgan fingerprint density at radius 1 is 0.447 bits per heavy atom. The van der Waals surface area contributed by atoms with Crippen LogP contribution in [0.25, 0.3) is 11.1 Å². The number of phenolic OH excluding ortho intramolecular Hbond substituents is 2. The van der Waals surface area contributed by atoms with Crippen LogP contribution in [0, 0.1) is 0 Å². The van der Waals surface area contributed by atoms with Gasteiger partial charge < -0.3 is 10.2 Å². The Morgan fingerprint density at radius 3 is 0.974 bits per heavy atom. The van der Waals surface area contributed by atoms with Crippen molar-refractivity contribution in [2.24, 2.45) is 0 Å². The van der Waals surface area contributed by atoms with Crippen LogP contribution in [0.3, 0.4) is 0 Å². The van der Waals surface area contributed by atoms with E-state index in [1.165, 1.54) is 11.1 Å². The van der Waals surface area contributed by atoms with E-state index in [9.17, 15) is 10.2 Å². The molecule has 0 aromatic heterocycles. The van der Waals surface area contributed by atoms with Crippen LogP contribution in [-0.4, -0.2) is 10.2 Å². The summed E-state index contributed by atoms with van der Waals surface area (Å²) in [7, 11) is 0. The first-order valence-electron chi connectivity index (χ1n) is 15.2. The molecule has 0 spiro atoms. The van der Waals surface area contributed by atoms with Crippen molar-refractivity contribution in [2.45, 2.75) is 156 Å². The molecule has 2 N–H and O–H groups in total. The molecule has 0 radical (unpaired) electrons. The zero-order valence-corrected chi connectivity index (χ0v) is 26.9. The van der Waals surface area contributed by atoms with Crippen LogP contribution in [0.15, 0.2) is 24.3 Å². The summed E-state index contributed by atoms with van der Waals surface area (Å²) in [5.41, 5.74) is 5.57. The Bertz CT molecular complexity index is 998. The number of benzene rings is 2. The number of rotatable bonds is 13. The molecule has 0 fully saturated rings. The Labute approximate surface area is 235 Å². The lowest BCUT2D eigenvalue weighted by molar-refractivity contribution is 0.408. The van der Waals surface area contributed by atoms with Crippen molar-refractivity contribution in [2.75, 3.05) is 0 Å². The van der Waals surface area contributed by atoms with E-state index in [0.717, 1.165) is 73.6 Å². The molecule has 0 aliphatic rings. The number of hydrogen-bond donors (Lipinski definition) is 2. The van der Waals surface area contributed by atoms with E-state index in [1.54, 1.807) is 0 Å². The maximum atomic E-state index is 11.9. The quantitative estimate of drug-likeness (QED) is 0.274. The SMILES string of the molecule is CCCC(C)(C)c1cc(-c2cc(C(C)(C)CCC)cc(C(C)(C)CCC)c2O)c(O)c(C(C)(C)CCC)c1. The summed E-state index contributed by atoms with van der Waals surface area (Å²) in [6.07, 6.45) is 8.39. The van der Waals surface area contributed by atoms with Crippen molar-refractivity contribution >= 4 is 0 Å². The van der Waals surface area contributed by atoms with Gasteiger partial charge in [0.1, 0.15) is 11.5 Å². The predicted molar refractivity (Wildman–Crippen MR) is 167 cm³/mol. The third kappa shape index (κ3) is 6.78. The second-order valence-corrected chi connectivity index (χ2v) is 14.4. The van der Waals surface area contributed by atoms with Crippen LogP contribution in [0.1, 0.15) is 157 Å². The van der Waals surface area contributed by atoms with E-state index in [0.29, 0.717) is 11.5 Å². The van der Waals surface area contributed by atoms with Crippen molar-refractivity contribution in [1.82, 2.24) is 0 Å². The van der Waals surface area contributed by atoms with Crippen LogP contribution in [0.4, 0.5) is 0 Å². The van der Waals surface area contributed by atoms with Crippen LogP contribution in [0.5, 0.6) is 11.5 Å². The molecular formula is C36H58O2. The molecule has 0 unspecified atom stereocenters. The van der Waals surface area contributed by atoms with E-state index >= 15 is 0 Å². The minimum absolute atomic E-state index is 0.0345. The van der Waals surface area contributed by atoms with Gasteiger partial charge >= 0.3 is 0 Å². The van der Waals surface area contributed by atoms with Crippen molar-refractivity contribution < 1.29 is 10.2 Å². The van der Waals surface area contributed by atoms with Crippen LogP contribution < -0.4 is 0 Å². The first-order chi connectivity index (χ1) is 17.5. The van der Waals surface area contributed by atoms with Gasteiger partial charge in [-0.25, -0.2) is 0 Å². The second kappa shape index (κ2) is 12.1. The topological polar surface area (TPSA) is 40.5 Å². The lowest BCUT2D eigenvalue weighted by Gasteiger charge is -2.34. The van der Waals surface area contributed by atoms with Crippen molar-refractivity contribution in [3.63, 3.8) is 0 Å². The molecule has 0 saturated heterocycles. The summed E-state index contributed by atoms with van der Waals surface area (Å²) in [6.45, 7) is 27.1. The van der Waals surface area contributed by atoms with Gasteiger partial charge in [0.2, 0.25) is 0 Å². The van der Waals surface area contributed by atoms with Crippen LogP contribution >= 0.6 is 0 Å². The molecule has 0 heterocycles. The zero-order valence-electron chi connectivity index (χ0n) is 26.9. The molecule has 2 aromatic rings. The highest BCUT2D eigenvalue weighted by Gasteiger charge is 2.33. The largest absolute Gasteiger partial charge is 0.507 e. The van der Waals surface area contributed by atoms with Gasteiger partial charge in [0, 0.05) is 22.3 Å². The van der Waals surface area contributed by atoms with Crippen molar-refractivity contribution in [1.29, 1.82) is 0 Å². The summed E-state index contributed by atoms with van der Waals surface area (Å²) in [5.74, 6) is 0.638. The first kappa shape index (κ1) is 32.3. The van der Waals surface area contributed by atoms with E-state index in [1.807, 2.05) is 0 Å². The number of aromatic hydroxyl groups is 2. The molecule has 0 atom stereocenters. The molecule has 0 saturated carbocycles. The third-order valence-corrected chi connectivity index (χ3v) is 9.03. The van der Waals surface area contributed by atoms with Gasteiger partial charge in [-0.2, -0.15) is 0 Å². The van der Waals surface area contributed by atoms with Crippen molar-refractivity contribution in [3.05, 3.63) is 46.5 Å². The average molecular weight is 523 g/mol.